The highest BCUT2D eigenvalue weighted by molar-refractivity contribution is 14.2. The summed E-state index contributed by atoms with van der Waals surface area (Å²) in [7, 11) is 0. The summed E-state index contributed by atoms with van der Waals surface area (Å²) in [6.07, 6.45) is 0.582. The summed E-state index contributed by atoms with van der Waals surface area (Å²) < 4.78 is 22.1. The van der Waals surface area contributed by atoms with Crippen molar-refractivity contribution in [2.24, 2.45) is 5.73 Å². The zero-order valence-corrected chi connectivity index (χ0v) is 18.8. The topological polar surface area (TPSA) is 113 Å². The number of rotatable bonds is 9. The Balaban J connectivity index is 1.89. The van der Waals surface area contributed by atoms with E-state index >= 15 is 0 Å². The lowest BCUT2D eigenvalue weighted by atomic mass is 9.99. The van der Waals surface area contributed by atoms with Crippen LogP contribution in [0.4, 0.5) is 0 Å². The molecule has 2 atom stereocenters. The molecule has 29 heavy (non-hydrogen) atoms. The fraction of sp³-hybridized carbons (Fsp3) is 0.368. The standard InChI is InChI=1S/C19H22IN2O6P/c20-29-27-10-14-8-15(23)16(26-9-13-4-2-1-3-5-13)17(28-14)18(24)22-19(11-21)6-7-25-12-19/h1-5,8,29H,6-7,9-12,21H2,(H,22,24). The number of carbonyl (C=O) groups is 1. The van der Waals surface area contributed by atoms with Crippen LogP contribution in [0.1, 0.15) is 28.3 Å². The van der Waals surface area contributed by atoms with Crippen molar-refractivity contribution in [3.05, 3.63) is 63.7 Å². The van der Waals surface area contributed by atoms with Crippen molar-refractivity contribution in [1.82, 2.24) is 5.32 Å². The van der Waals surface area contributed by atoms with Gasteiger partial charge in [0.15, 0.2) is 0 Å². The van der Waals surface area contributed by atoms with Gasteiger partial charge < -0.3 is 29.5 Å². The van der Waals surface area contributed by atoms with Crippen LogP contribution < -0.4 is 21.2 Å². The zero-order chi connectivity index (χ0) is 20.7. The van der Waals surface area contributed by atoms with Crippen molar-refractivity contribution < 1.29 is 23.2 Å². The molecule has 0 aliphatic carbocycles. The number of amides is 1. The lowest BCUT2D eigenvalue weighted by Crippen LogP contribution is -2.54. The van der Waals surface area contributed by atoms with Crippen LogP contribution in [0.2, 0.25) is 0 Å². The molecule has 1 aliphatic rings. The number of benzene rings is 1. The van der Waals surface area contributed by atoms with Gasteiger partial charge in [-0.25, -0.2) is 0 Å². The maximum Gasteiger partial charge on any atom is 0.291 e. The van der Waals surface area contributed by atoms with E-state index in [2.05, 4.69) is 27.4 Å². The number of carbonyl (C=O) groups excluding carboxylic acids is 1. The molecule has 0 bridgehead atoms. The minimum Gasteiger partial charge on any atom is -0.481 e. The Hall–Kier alpha value is -1.52. The first-order valence-corrected chi connectivity index (χ1v) is 13.0. The molecule has 1 aromatic carbocycles. The molecule has 1 saturated heterocycles. The Labute approximate surface area is 182 Å². The molecule has 2 aromatic rings. The molecule has 0 radical (unpaired) electrons. The minimum atomic E-state index is -0.692. The quantitative estimate of drug-likeness (QED) is 0.377. The molecular formula is C19H22IN2O6P. The Kier molecular flexibility index (Phi) is 8.02. The molecule has 1 amide bonds. The van der Waals surface area contributed by atoms with E-state index in [-0.39, 0.29) is 43.5 Å². The summed E-state index contributed by atoms with van der Waals surface area (Å²) in [4.78, 5) is 25.7. The van der Waals surface area contributed by atoms with Crippen LogP contribution in [0, 0.1) is 0 Å². The van der Waals surface area contributed by atoms with Gasteiger partial charge in [0.2, 0.25) is 16.9 Å². The van der Waals surface area contributed by atoms with Gasteiger partial charge in [-0.3, -0.25) is 9.59 Å². The average molecular weight is 532 g/mol. The zero-order valence-electron chi connectivity index (χ0n) is 15.6. The molecule has 1 aliphatic heterocycles. The van der Waals surface area contributed by atoms with Crippen molar-refractivity contribution >= 4 is 34.4 Å². The second-order valence-electron chi connectivity index (χ2n) is 6.62. The van der Waals surface area contributed by atoms with Crippen molar-refractivity contribution in [2.75, 3.05) is 19.8 Å². The van der Waals surface area contributed by atoms with Crippen LogP contribution in [-0.4, -0.2) is 31.2 Å². The van der Waals surface area contributed by atoms with Crippen LogP contribution in [-0.2, 0) is 22.5 Å². The number of hydrogen-bond donors (Lipinski definition) is 2. The second kappa shape index (κ2) is 10.5. The van der Waals surface area contributed by atoms with Gasteiger partial charge >= 0.3 is 0 Å². The molecule has 0 spiro atoms. The predicted molar refractivity (Wildman–Crippen MR) is 118 cm³/mol. The number of nitrogens with two attached hydrogens (primary N) is 1. The molecule has 156 valence electrons. The largest absolute Gasteiger partial charge is 0.481 e. The first-order chi connectivity index (χ1) is 14.1. The molecule has 1 aromatic heterocycles. The molecule has 10 heteroatoms. The second-order valence-corrected chi connectivity index (χ2v) is 8.38. The predicted octanol–water partition coefficient (Wildman–Crippen LogP) is 2.53. The minimum absolute atomic E-state index is 0.0843. The van der Waals surface area contributed by atoms with Crippen molar-refractivity contribution in [2.45, 2.75) is 25.2 Å². The SMILES string of the molecule is NCC1(NC(=O)c2oc(COPI)cc(=O)c2OCc2ccccc2)CCOC1. The van der Waals surface area contributed by atoms with E-state index in [1.165, 1.54) is 6.07 Å². The van der Waals surface area contributed by atoms with Crippen molar-refractivity contribution in [3.8, 4) is 5.75 Å². The van der Waals surface area contributed by atoms with E-state index in [1.54, 1.807) is 0 Å². The first-order valence-electron chi connectivity index (χ1n) is 8.98. The van der Waals surface area contributed by atoms with E-state index in [9.17, 15) is 9.59 Å². The van der Waals surface area contributed by atoms with Gasteiger partial charge in [0.25, 0.3) is 5.91 Å². The number of nitrogens with one attached hydrogen (secondary N) is 1. The average Bonchev–Trinajstić information content (AvgIpc) is 3.20. The maximum absolute atomic E-state index is 13.0. The summed E-state index contributed by atoms with van der Waals surface area (Å²) in [5.74, 6) is -0.651. The third-order valence-corrected chi connectivity index (χ3v) is 5.72. The fourth-order valence-corrected chi connectivity index (χ4v) is 3.60. The summed E-state index contributed by atoms with van der Waals surface area (Å²) in [5, 5.41) is 2.87. The lowest BCUT2D eigenvalue weighted by molar-refractivity contribution is 0.0838. The van der Waals surface area contributed by atoms with Crippen LogP contribution >= 0.6 is 28.5 Å². The van der Waals surface area contributed by atoms with E-state index in [0.717, 1.165) is 5.56 Å². The number of halogens is 1. The van der Waals surface area contributed by atoms with Crippen molar-refractivity contribution in [1.29, 1.82) is 0 Å². The number of hydrogen-bond acceptors (Lipinski definition) is 7. The van der Waals surface area contributed by atoms with Crippen LogP contribution in [0.3, 0.4) is 0 Å². The molecule has 3 N–H and O–H groups in total. The Bertz CT molecular complexity index is 886. The molecule has 2 unspecified atom stereocenters. The highest BCUT2D eigenvalue weighted by atomic mass is 127. The smallest absolute Gasteiger partial charge is 0.291 e. The Morgan fingerprint density at radius 1 is 1.31 bits per heavy atom. The lowest BCUT2D eigenvalue weighted by Gasteiger charge is -2.26. The van der Waals surface area contributed by atoms with Gasteiger partial charge in [-0.15, -0.1) is 0 Å². The van der Waals surface area contributed by atoms with E-state index in [4.69, 9.17) is 24.1 Å². The maximum atomic E-state index is 13.0. The fourth-order valence-electron chi connectivity index (χ4n) is 2.93. The molecular weight excluding hydrogens is 510 g/mol. The van der Waals surface area contributed by atoms with Gasteiger partial charge in [0.05, 0.1) is 18.6 Å². The first kappa shape index (κ1) is 22.2. The highest BCUT2D eigenvalue weighted by Crippen LogP contribution is 2.26. The number of ether oxygens (including phenoxy) is 2. The Morgan fingerprint density at radius 3 is 2.76 bits per heavy atom. The molecule has 8 nitrogen and oxygen atoms in total. The summed E-state index contributed by atoms with van der Waals surface area (Å²) in [6, 6.07) is 10.6. The monoisotopic (exact) mass is 532 g/mol. The van der Waals surface area contributed by atoms with Crippen molar-refractivity contribution in [3.63, 3.8) is 0 Å². The molecule has 3 rings (SSSR count). The van der Waals surface area contributed by atoms with E-state index in [0.29, 0.717) is 19.6 Å². The highest BCUT2D eigenvalue weighted by Gasteiger charge is 2.37. The summed E-state index contributed by atoms with van der Waals surface area (Å²) in [5.41, 5.74) is 5.58. The molecule has 2 heterocycles. The van der Waals surface area contributed by atoms with Gasteiger partial charge in [0.1, 0.15) is 19.0 Å². The summed E-state index contributed by atoms with van der Waals surface area (Å²) in [6.45, 7) is 1.42. The van der Waals surface area contributed by atoms with E-state index in [1.807, 2.05) is 30.3 Å². The Morgan fingerprint density at radius 2 is 2.10 bits per heavy atom. The van der Waals surface area contributed by atoms with Gasteiger partial charge in [-0.1, -0.05) is 30.3 Å². The van der Waals surface area contributed by atoms with Crippen LogP contribution in [0.15, 0.2) is 45.6 Å². The molecule has 1 fully saturated rings. The van der Waals surface area contributed by atoms with Crippen LogP contribution in [0.5, 0.6) is 5.75 Å². The van der Waals surface area contributed by atoms with Gasteiger partial charge in [0, 0.05) is 19.2 Å². The third-order valence-electron chi connectivity index (χ3n) is 4.53. The third kappa shape index (κ3) is 5.76. The van der Waals surface area contributed by atoms with E-state index < -0.39 is 16.9 Å². The van der Waals surface area contributed by atoms with Gasteiger partial charge in [-0.2, -0.15) is 0 Å². The van der Waals surface area contributed by atoms with Crippen LogP contribution in [0.25, 0.3) is 0 Å². The molecule has 0 saturated carbocycles. The normalized spacial score (nSPS) is 19.0. The summed E-state index contributed by atoms with van der Waals surface area (Å²) >= 11 is 2.07. The van der Waals surface area contributed by atoms with Gasteiger partial charge in [-0.05, 0) is 34.0 Å².